The van der Waals surface area contributed by atoms with Crippen LogP contribution in [0.25, 0.3) is 0 Å². The van der Waals surface area contributed by atoms with E-state index in [1.165, 1.54) is 42.5 Å². The number of amides is 1. The van der Waals surface area contributed by atoms with E-state index >= 15 is 0 Å². The fraction of sp³-hybridized carbons (Fsp3) is 0.226. The number of hydrogen-bond donors (Lipinski definition) is 1. The minimum absolute atomic E-state index is 0.0132. The van der Waals surface area contributed by atoms with Crippen LogP contribution in [0.4, 0.5) is 15.9 Å². The normalized spacial score (nSPS) is 13.9. The van der Waals surface area contributed by atoms with Gasteiger partial charge in [-0.15, -0.1) is 0 Å². The van der Waals surface area contributed by atoms with Crippen LogP contribution in [0.3, 0.4) is 0 Å². The summed E-state index contributed by atoms with van der Waals surface area (Å²) in [5.74, 6) is 0.298. The van der Waals surface area contributed by atoms with Crippen LogP contribution >= 0.6 is 15.9 Å². The molecule has 3 aromatic carbocycles. The summed E-state index contributed by atoms with van der Waals surface area (Å²) in [6.07, 6.45) is 0. The van der Waals surface area contributed by atoms with Crippen LogP contribution < -0.4 is 19.5 Å². The van der Waals surface area contributed by atoms with Crippen LogP contribution in [0.1, 0.15) is 16.1 Å². The number of hydrogen-bond acceptors (Lipinski definition) is 7. The van der Waals surface area contributed by atoms with Gasteiger partial charge in [0.2, 0.25) is 0 Å². The average Bonchev–Trinajstić information content (AvgIpc) is 3.01. The number of piperazine rings is 1. The molecule has 0 saturated carbocycles. The third-order valence-corrected chi connectivity index (χ3v) is 9.06. The van der Waals surface area contributed by atoms with E-state index in [9.17, 15) is 17.6 Å². The SMILES string of the molecule is Cc1cccc(N2CCN(CCNC(=O)c3ccc(S(=O)(=O)N(Oc4ccc(Br)cc4)c4cccc(F)c4)cc3)CC2)n1. The van der Waals surface area contributed by atoms with E-state index in [0.29, 0.717) is 23.1 Å². The molecule has 0 radical (unpaired) electrons. The largest absolute Gasteiger partial charge is 0.364 e. The Hall–Kier alpha value is -4.00. The molecule has 1 aliphatic rings. The summed E-state index contributed by atoms with van der Waals surface area (Å²) in [5, 5.41) is 2.91. The zero-order chi connectivity index (χ0) is 30.4. The molecule has 1 N–H and O–H groups in total. The molecule has 1 saturated heterocycles. The summed E-state index contributed by atoms with van der Waals surface area (Å²) in [5.41, 5.74) is 1.30. The van der Waals surface area contributed by atoms with Gasteiger partial charge in [-0.3, -0.25) is 9.69 Å². The molecular weight excluding hydrogens is 637 g/mol. The first-order valence-electron chi connectivity index (χ1n) is 13.7. The lowest BCUT2D eigenvalue weighted by Gasteiger charge is -2.35. The average molecular weight is 669 g/mol. The van der Waals surface area contributed by atoms with Crippen molar-refractivity contribution in [1.82, 2.24) is 15.2 Å². The van der Waals surface area contributed by atoms with Crippen molar-refractivity contribution in [3.63, 3.8) is 0 Å². The number of halogens is 2. The van der Waals surface area contributed by atoms with E-state index < -0.39 is 15.8 Å². The van der Waals surface area contributed by atoms with Gasteiger partial charge in [-0.25, -0.2) is 9.37 Å². The molecule has 1 aromatic heterocycles. The number of sulfonamides is 1. The lowest BCUT2D eigenvalue weighted by Crippen LogP contribution is -2.48. The molecule has 0 unspecified atom stereocenters. The first-order chi connectivity index (χ1) is 20.7. The molecule has 1 aliphatic heterocycles. The third kappa shape index (κ3) is 7.70. The molecule has 0 spiro atoms. The van der Waals surface area contributed by atoms with Gasteiger partial charge in [-0.1, -0.05) is 32.5 Å². The van der Waals surface area contributed by atoms with Gasteiger partial charge in [0, 0.05) is 61.1 Å². The molecule has 0 bridgehead atoms. The molecule has 0 aliphatic carbocycles. The van der Waals surface area contributed by atoms with Crippen molar-refractivity contribution in [2.24, 2.45) is 0 Å². The van der Waals surface area contributed by atoms with Crippen molar-refractivity contribution in [1.29, 1.82) is 0 Å². The van der Waals surface area contributed by atoms with Crippen LogP contribution in [0.15, 0.2) is 100 Å². The molecule has 224 valence electrons. The number of carbonyl (C=O) groups excluding carboxylic acids is 1. The van der Waals surface area contributed by atoms with Gasteiger partial charge in [0.05, 0.1) is 10.6 Å². The van der Waals surface area contributed by atoms with Crippen LogP contribution in [0.5, 0.6) is 5.75 Å². The number of nitrogens with zero attached hydrogens (tertiary/aromatic N) is 4. The number of aromatic nitrogens is 1. The maximum atomic E-state index is 14.0. The summed E-state index contributed by atoms with van der Waals surface area (Å²) in [6.45, 7) is 6.58. The van der Waals surface area contributed by atoms with Gasteiger partial charge in [0.25, 0.3) is 15.9 Å². The Morgan fingerprint density at radius 3 is 2.35 bits per heavy atom. The maximum Gasteiger partial charge on any atom is 0.295 e. The van der Waals surface area contributed by atoms with Crippen molar-refractivity contribution in [2.75, 3.05) is 48.6 Å². The van der Waals surface area contributed by atoms with Crippen molar-refractivity contribution >= 4 is 43.4 Å². The highest BCUT2D eigenvalue weighted by atomic mass is 79.9. The second kappa shape index (κ2) is 13.5. The Bertz CT molecular complexity index is 1660. The van der Waals surface area contributed by atoms with Crippen LogP contribution in [-0.2, 0) is 10.0 Å². The second-order valence-electron chi connectivity index (χ2n) is 10.0. The highest BCUT2D eigenvalue weighted by Crippen LogP contribution is 2.28. The summed E-state index contributed by atoms with van der Waals surface area (Å²) in [6, 6.07) is 23.2. The molecule has 12 heteroatoms. The standard InChI is InChI=1S/C31H31BrFN5O4S/c1-23-4-2-7-30(35-23)37-20-18-36(19-21-37)17-16-34-31(39)24-8-14-29(15-9-24)43(40,41)38(27-6-3-5-26(33)22-27)42-28-12-10-25(32)11-13-28/h2-15,22H,16-21H2,1H3,(H,34,39). The molecule has 0 atom stereocenters. The Morgan fingerprint density at radius 1 is 0.977 bits per heavy atom. The molecule has 4 aromatic rings. The smallest absolute Gasteiger partial charge is 0.295 e. The summed E-state index contributed by atoms with van der Waals surface area (Å²) in [7, 11) is -4.29. The third-order valence-electron chi connectivity index (χ3n) is 6.94. The van der Waals surface area contributed by atoms with E-state index in [1.54, 1.807) is 24.3 Å². The quantitative estimate of drug-likeness (QED) is 0.237. The van der Waals surface area contributed by atoms with Crippen molar-refractivity contribution in [3.8, 4) is 5.75 Å². The lowest BCUT2D eigenvalue weighted by molar-refractivity contribution is 0.0947. The van der Waals surface area contributed by atoms with E-state index in [2.05, 4.69) is 36.0 Å². The number of benzene rings is 3. The number of anilines is 2. The van der Waals surface area contributed by atoms with E-state index in [-0.39, 0.29) is 22.2 Å². The van der Waals surface area contributed by atoms with Crippen molar-refractivity contribution < 1.29 is 22.4 Å². The van der Waals surface area contributed by atoms with E-state index in [0.717, 1.165) is 48.2 Å². The van der Waals surface area contributed by atoms with Crippen LogP contribution in [-0.4, -0.2) is 63.5 Å². The Balaban J connectivity index is 1.19. The number of rotatable bonds is 10. The molecule has 9 nitrogen and oxygen atoms in total. The molecule has 5 rings (SSSR count). The maximum absolute atomic E-state index is 14.0. The zero-order valence-corrected chi connectivity index (χ0v) is 25.9. The van der Waals surface area contributed by atoms with Crippen LogP contribution in [0, 0.1) is 12.7 Å². The first-order valence-corrected chi connectivity index (χ1v) is 16.0. The van der Waals surface area contributed by atoms with Crippen LogP contribution in [0.2, 0.25) is 0 Å². The predicted molar refractivity (Wildman–Crippen MR) is 167 cm³/mol. The van der Waals surface area contributed by atoms with Gasteiger partial charge in [0.1, 0.15) is 11.6 Å². The fourth-order valence-corrected chi connectivity index (χ4v) is 6.14. The topological polar surface area (TPSA) is 95.1 Å². The summed E-state index contributed by atoms with van der Waals surface area (Å²) in [4.78, 5) is 27.6. The zero-order valence-electron chi connectivity index (χ0n) is 23.5. The number of carbonyl (C=O) groups is 1. The van der Waals surface area contributed by atoms with Gasteiger partial charge < -0.3 is 15.1 Å². The molecule has 1 amide bonds. The summed E-state index contributed by atoms with van der Waals surface area (Å²) < 4.78 is 42.8. The van der Waals surface area contributed by atoms with E-state index in [4.69, 9.17) is 4.84 Å². The molecular formula is C31H31BrFN5O4S. The molecule has 1 fully saturated rings. The molecule has 43 heavy (non-hydrogen) atoms. The predicted octanol–water partition coefficient (Wildman–Crippen LogP) is 5.03. The van der Waals surface area contributed by atoms with Gasteiger partial charge in [-0.2, -0.15) is 8.42 Å². The number of pyridine rings is 1. The summed E-state index contributed by atoms with van der Waals surface area (Å²) >= 11 is 3.33. The van der Waals surface area contributed by atoms with Gasteiger partial charge in [0.15, 0.2) is 5.75 Å². The van der Waals surface area contributed by atoms with Crippen molar-refractivity contribution in [2.45, 2.75) is 11.8 Å². The second-order valence-corrected chi connectivity index (χ2v) is 12.7. The van der Waals surface area contributed by atoms with Gasteiger partial charge in [-0.05, 0) is 79.7 Å². The van der Waals surface area contributed by atoms with Crippen molar-refractivity contribution in [3.05, 3.63) is 113 Å². The number of aryl methyl sites for hydroxylation is 1. The lowest BCUT2D eigenvalue weighted by atomic mass is 10.2. The van der Waals surface area contributed by atoms with E-state index in [1.807, 2.05) is 25.1 Å². The Kier molecular flexibility index (Phi) is 9.59. The fourth-order valence-electron chi connectivity index (χ4n) is 4.63. The number of nitrogens with one attached hydrogen (secondary N) is 1. The van der Waals surface area contributed by atoms with Gasteiger partial charge >= 0.3 is 0 Å². The molecule has 2 heterocycles. The Morgan fingerprint density at radius 2 is 1.67 bits per heavy atom. The minimum Gasteiger partial charge on any atom is -0.364 e. The monoisotopic (exact) mass is 667 g/mol. The highest BCUT2D eigenvalue weighted by molar-refractivity contribution is 9.10. The first kappa shape index (κ1) is 30.5. The highest BCUT2D eigenvalue weighted by Gasteiger charge is 2.28. The minimum atomic E-state index is -4.29. The Labute approximate surface area is 259 Å².